The number of aliphatic imine (C=N–C) groups is 1. The highest BCUT2D eigenvalue weighted by Gasteiger charge is 2.27. The van der Waals surface area contributed by atoms with E-state index in [0.29, 0.717) is 29.8 Å². The zero-order chi connectivity index (χ0) is 15.3. The van der Waals surface area contributed by atoms with Crippen molar-refractivity contribution in [1.82, 2.24) is 10.6 Å². The molecule has 1 unspecified atom stereocenters. The molecule has 1 atom stereocenters. The Labute approximate surface area is 130 Å². The molecule has 0 bridgehead atoms. The molecule has 0 radical (unpaired) electrons. The average molecular weight is 330 g/mol. The fourth-order valence-corrected chi connectivity index (χ4v) is 4.40. The fraction of sp³-hybridized carbons (Fsp3) is 0.500. The first kappa shape index (κ1) is 16.1. The van der Waals surface area contributed by atoms with Crippen LogP contribution in [0.15, 0.2) is 29.3 Å². The molecule has 2 N–H and O–H groups in total. The van der Waals surface area contributed by atoms with Crippen LogP contribution in [-0.4, -0.2) is 39.5 Å². The lowest BCUT2D eigenvalue weighted by Gasteiger charge is -2.14. The zero-order valence-corrected chi connectivity index (χ0v) is 13.5. The molecular weight excluding hydrogens is 310 g/mol. The Kier molecular flexibility index (Phi) is 5.47. The topological polar surface area (TPSA) is 70.6 Å². The summed E-state index contributed by atoms with van der Waals surface area (Å²) >= 11 is 5.94. The van der Waals surface area contributed by atoms with E-state index >= 15 is 0 Å². The Morgan fingerprint density at radius 1 is 1.43 bits per heavy atom. The predicted octanol–water partition coefficient (Wildman–Crippen LogP) is 1.44. The molecule has 1 heterocycles. The van der Waals surface area contributed by atoms with Crippen LogP contribution in [-0.2, 0) is 16.4 Å². The van der Waals surface area contributed by atoms with Crippen molar-refractivity contribution in [3.63, 3.8) is 0 Å². The maximum atomic E-state index is 11.4. The van der Waals surface area contributed by atoms with E-state index < -0.39 is 9.84 Å². The molecule has 1 aliphatic rings. The normalized spacial score (nSPS) is 21.2. The first-order chi connectivity index (χ1) is 9.98. The molecule has 0 spiro atoms. The number of halogens is 1. The van der Waals surface area contributed by atoms with Gasteiger partial charge in [-0.1, -0.05) is 23.7 Å². The summed E-state index contributed by atoms with van der Waals surface area (Å²) < 4.78 is 22.8. The van der Waals surface area contributed by atoms with Crippen LogP contribution < -0.4 is 10.6 Å². The van der Waals surface area contributed by atoms with E-state index in [1.165, 1.54) is 0 Å². The Hall–Kier alpha value is -1.27. The average Bonchev–Trinajstić information content (AvgIpc) is 2.78. The van der Waals surface area contributed by atoms with Gasteiger partial charge in [-0.15, -0.1) is 0 Å². The van der Waals surface area contributed by atoms with Gasteiger partial charge in [-0.25, -0.2) is 8.42 Å². The van der Waals surface area contributed by atoms with Gasteiger partial charge in [0.05, 0.1) is 11.5 Å². The third-order valence-corrected chi connectivity index (χ3v) is 5.53. The van der Waals surface area contributed by atoms with E-state index in [2.05, 4.69) is 15.6 Å². The molecule has 0 amide bonds. The van der Waals surface area contributed by atoms with Crippen LogP contribution in [0, 0.1) is 5.92 Å². The van der Waals surface area contributed by atoms with Crippen LogP contribution in [0.1, 0.15) is 12.0 Å². The zero-order valence-electron chi connectivity index (χ0n) is 12.0. The number of nitrogens with zero attached hydrogens (tertiary/aromatic N) is 1. The first-order valence-corrected chi connectivity index (χ1v) is 9.08. The minimum absolute atomic E-state index is 0.166. The van der Waals surface area contributed by atoms with Gasteiger partial charge in [-0.05, 0) is 30.0 Å². The summed E-state index contributed by atoms with van der Waals surface area (Å²) in [6, 6.07) is 7.61. The van der Waals surface area contributed by atoms with Gasteiger partial charge < -0.3 is 10.6 Å². The third-order valence-electron chi connectivity index (χ3n) is 3.46. The summed E-state index contributed by atoms with van der Waals surface area (Å²) in [5, 5.41) is 7.07. The summed E-state index contributed by atoms with van der Waals surface area (Å²) in [5.41, 5.74) is 1.06. The molecule has 21 heavy (non-hydrogen) atoms. The largest absolute Gasteiger partial charge is 0.356 e. The first-order valence-electron chi connectivity index (χ1n) is 6.88. The maximum Gasteiger partial charge on any atom is 0.191 e. The van der Waals surface area contributed by atoms with Gasteiger partial charge >= 0.3 is 0 Å². The molecule has 0 aliphatic carbocycles. The van der Waals surface area contributed by atoms with Crippen molar-refractivity contribution in [1.29, 1.82) is 0 Å². The number of hydrogen-bond acceptors (Lipinski definition) is 3. The van der Waals surface area contributed by atoms with Crippen LogP contribution >= 0.6 is 11.6 Å². The van der Waals surface area contributed by atoms with Gasteiger partial charge in [0.25, 0.3) is 0 Å². The van der Waals surface area contributed by atoms with Crippen molar-refractivity contribution >= 4 is 27.4 Å². The molecule has 1 aromatic rings. The van der Waals surface area contributed by atoms with Gasteiger partial charge in [0.2, 0.25) is 0 Å². The predicted molar refractivity (Wildman–Crippen MR) is 86.4 cm³/mol. The molecule has 1 saturated heterocycles. The summed E-state index contributed by atoms with van der Waals surface area (Å²) in [6.07, 6.45) is 0.723. The van der Waals surface area contributed by atoms with Gasteiger partial charge in [-0.2, -0.15) is 0 Å². The van der Waals surface area contributed by atoms with E-state index in [1.54, 1.807) is 7.05 Å². The standard InChI is InChI=1S/C14H20ClN3O2S/c1-16-14(17-8-11-3-2-4-13(15)7-11)18-9-12-5-6-21(19,20)10-12/h2-4,7,12H,5-6,8-10H2,1H3,(H2,16,17,18). The summed E-state index contributed by atoms with van der Waals surface area (Å²) in [7, 11) is -1.13. The third kappa shape index (κ3) is 5.21. The molecule has 2 rings (SSSR count). The highest BCUT2D eigenvalue weighted by atomic mass is 35.5. The number of benzene rings is 1. The number of nitrogens with one attached hydrogen (secondary N) is 2. The van der Waals surface area contributed by atoms with Crippen LogP contribution in [0.3, 0.4) is 0 Å². The Bertz CT molecular complexity index is 616. The lowest BCUT2D eigenvalue weighted by Crippen LogP contribution is -2.39. The number of rotatable bonds is 4. The SMILES string of the molecule is CN=C(NCc1cccc(Cl)c1)NCC1CCS(=O)(=O)C1. The summed E-state index contributed by atoms with van der Waals surface area (Å²) in [6.45, 7) is 1.23. The van der Waals surface area contributed by atoms with Crippen molar-refractivity contribution in [3.8, 4) is 0 Å². The van der Waals surface area contributed by atoms with Crippen LogP contribution in [0.25, 0.3) is 0 Å². The van der Waals surface area contributed by atoms with E-state index in [1.807, 2.05) is 24.3 Å². The molecule has 1 fully saturated rings. The van der Waals surface area contributed by atoms with Crippen molar-refractivity contribution < 1.29 is 8.42 Å². The summed E-state index contributed by atoms with van der Waals surface area (Å²) in [4.78, 5) is 4.13. The van der Waals surface area contributed by atoms with Gasteiger partial charge in [-0.3, -0.25) is 4.99 Å². The second-order valence-electron chi connectivity index (χ2n) is 5.21. The van der Waals surface area contributed by atoms with E-state index in [9.17, 15) is 8.42 Å². The van der Waals surface area contributed by atoms with E-state index in [0.717, 1.165) is 12.0 Å². The van der Waals surface area contributed by atoms with E-state index in [4.69, 9.17) is 11.6 Å². The van der Waals surface area contributed by atoms with Crippen molar-refractivity contribution in [2.45, 2.75) is 13.0 Å². The molecule has 7 heteroatoms. The highest BCUT2D eigenvalue weighted by Crippen LogP contribution is 2.17. The van der Waals surface area contributed by atoms with Crippen LogP contribution in [0.2, 0.25) is 5.02 Å². The number of hydrogen-bond donors (Lipinski definition) is 2. The molecule has 0 aromatic heterocycles. The smallest absolute Gasteiger partial charge is 0.191 e. The quantitative estimate of drug-likeness (QED) is 0.648. The van der Waals surface area contributed by atoms with Crippen molar-refractivity contribution in [2.75, 3.05) is 25.1 Å². The minimum Gasteiger partial charge on any atom is -0.356 e. The molecule has 116 valence electrons. The highest BCUT2D eigenvalue weighted by molar-refractivity contribution is 7.91. The molecule has 0 saturated carbocycles. The van der Waals surface area contributed by atoms with Crippen molar-refractivity contribution in [3.05, 3.63) is 34.9 Å². The van der Waals surface area contributed by atoms with E-state index in [-0.39, 0.29) is 11.7 Å². The summed E-state index contributed by atoms with van der Waals surface area (Å²) in [5.74, 6) is 1.40. The number of guanidine groups is 1. The lowest BCUT2D eigenvalue weighted by atomic mass is 10.1. The monoisotopic (exact) mass is 329 g/mol. The second kappa shape index (κ2) is 7.13. The Morgan fingerprint density at radius 2 is 2.24 bits per heavy atom. The molecule has 1 aromatic carbocycles. The van der Waals surface area contributed by atoms with Crippen molar-refractivity contribution in [2.24, 2.45) is 10.9 Å². The number of sulfone groups is 1. The maximum absolute atomic E-state index is 11.4. The fourth-order valence-electron chi connectivity index (χ4n) is 2.33. The lowest BCUT2D eigenvalue weighted by molar-refractivity contribution is 0.567. The van der Waals surface area contributed by atoms with Gasteiger partial charge in [0.1, 0.15) is 0 Å². The second-order valence-corrected chi connectivity index (χ2v) is 7.87. The minimum atomic E-state index is -2.83. The Balaban J connectivity index is 1.79. The molecular formula is C14H20ClN3O2S. The molecule has 1 aliphatic heterocycles. The van der Waals surface area contributed by atoms with Crippen LogP contribution in [0.5, 0.6) is 0 Å². The molecule has 5 nitrogen and oxygen atoms in total. The Morgan fingerprint density at radius 3 is 2.86 bits per heavy atom. The van der Waals surface area contributed by atoms with Gasteiger partial charge in [0.15, 0.2) is 15.8 Å². The van der Waals surface area contributed by atoms with Gasteiger partial charge in [0, 0.05) is 25.2 Å². The van der Waals surface area contributed by atoms with Crippen LogP contribution in [0.4, 0.5) is 0 Å².